The van der Waals surface area contributed by atoms with E-state index in [1.54, 1.807) is 0 Å². The number of amides is 2. The van der Waals surface area contributed by atoms with Gasteiger partial charge < -0.3 is 32.0 Å². The molecule has 2 fully saturated rings. The van der Waals surface area contributed by atoms with Crippen LogP contribution in [0.3, 0.4) is 0 Å². The zero-order chi connectivity index (χ0) is 28.4. The van der Waals surface area contributed by atoms with Crippen LogP contribution in [0.4, 0.5) is 5.13 Å². The molecule has 2 amide bonds. The summed E-state index contributed by atoms with van der Waals surface area (Å²) >= 11 is 0.969. The third-order valence-electron chi connectivity index (χ3n) is 5.78. The molecule has 0 bridgehead atoms. The molecule has 4 rings (SSSR count). The molecule has 8 N–H and O–H groups in total. The van der Waals surface area contributed by atoms with Crippen LogP contribution in [0.1, 0.15) is 30.8 Å². The molecule has 1 aliphatic heterocycles. The predicted molar refractivity (Wildman–Crippen MR) is 131 cm³/mol. The molecule has 0 unspecified atom stereocenters. The minimum absolute atomic E-state index is 0.0594. The van der Waals surface area contributed by atoms with Crippen molar-refractivity contribution in [1.29, 1.82) is 0 Å². The number of nitrogens with zero attached hydrogens (tertiary/aromatic N) is 7. The van der Waals surface area contributed by atoms with E-state index in [0.717, 1.165) is 22.6 Å². The number of aromatic nitrogens is 5. The lowest BCUT2D eigenvalue weighted by Gasteiger charge is -2.43. The predicted octanol–water partition coefficient (Wildman–Crippen LogP) is -3.31. The van der Waals surface area contributed by atoms with Crippen LogP contribution in [0.2, 0.25) is 0 Å². The van der Waals surface area contributed by atoms with Gasteiger partial charge in [0.05, 0.1) is 13.1 Å². The Morgan fingerprint density at radius 1 is 1.36 bits per heavy atom. The average Bonchev–Trinajstić information content (AvgIpc) is 3.33. The highest BCUT2D eigenvalue weighted by molar-refractivity contribution is 7.84. The van der Waals surface area contributed by atoms with Gasteiger partial charge in [-0.25, -0.2) is 14.1 Å². The molecule has 2 aliphatic rings. The van der Waals surface area contributed by atoms with Crippen LogP contribution in [-0.2, 0) is 42.6 Å². The molecule has 21 heteroatoms. The number of hydrogen-bond acceptors (Lipinski definition) is 15. The minimum Gasteiger partial charge on any atom is -0.478 e. The van der Waals surface area contributed by atoms with Crippen LogP contribution in [0.15, 0.2) is 10.5 Å². The van der Waals surface area contributed by atoms with Gasteiger partial charge in [-0.1, -0.05) is 5.16 Å². The lowest BCUT2D eigenvalue weighted by Crippen LogP contribution is -2.73. The van der Waals surface area contributed by atoms with Crippen molar-refractivity contribution < 1.29 is 37.3 Å². The van der Waals surface area contributed by atoms with E-state index in [9.17, 15) is 32.5 Å². The number of oxime groups is 1. The van der Waals surface area contributed by atoms with Crippen molar-refractivity contribution in [2.75, 3.05) is 18.8 Å². The number of carbonyl (C=O) groups excluding carboxylic acids is 2. The topological polar surface area (TPSA) is 283 Å². The Balaban J connectivity index is 1.51. The van der Waals surface area contributed by atoms with Gasteiger partial charge in [-0.05, 0) is 24.7 Å². The first-order chi connectivity index (χ1) is 18.4. The van der Waals surface area contributed by atoms with Crippen molar-refractivity contribution in [3.05, 3.63) is 16.9 Å². The number of tetrazole rings is 1. The maximum absolute atomic E-state index is 13.1. The largest absolute Gasteiger partial charge is 0.478 e. The first kappa shape index (κ1) is 28.2. The molecule has 2 aromatic rings. The van der Waals surface area contributed by atoms with Crippen LogP contribution >= 0.6 is 11.3 Å². The summed E-state index contributed by atoms with van der Waals surface area (Å²) in [4.78, 5) is 47.3. The second-order valence-corrected chi connectivity index (χ2v) is 10.8. The Bertz CT molecular complexity index is 1390. The second kappa shape index (κ2) is 11.1. The van der Waals surface area contributed by atoms with E-state index < -0.39 is 51.5 Å². The van der Waals surface area contributed by atoms with Crippen molar-refractivity contribution in [2.24, 2.45) is 10.9 Å². The molecule has 3 heterocycles. The van der Waals surface area contributed by atoms with Gasteiger partial charge in [0.2, 0.25) is 5.60 Å². The van der Waals surface area contributed by atoms with Gasteiger partial charge in [-0.15, -0.1) is 21.5 Å². The van der Waals surface area contributed by atoms with Crippen LogP contribution in [0, 0.1) is 0 Å². The van der Waals surface area contributed by atoms with Gasteiger partial charge >= 0.3 is 16.3 Å². The quantitative estimate of drug-likeness (QED) is 0.0414. The third kappa shape index (κ3) is 6.27. The Kier molecular flexibility index (Phi) is 8.06. The molecule has 0 aromatic carbocycles. The number of thiazole rings is 1. The molecule has 0 radical (unpaired) electrons. The number of aliphatic carboxylic acids is 1. The molecule has 0 spiro atoms. The number of rotatable bonds is 14. The van der Waals surface area contributed by atoms with Gasteiger partial charge in [0.25, 0.3) is 11.8 Å². The fourth-order valence-corrected chi connectivity index (χ4v) is 4.98. The first-order valence-electron chi connectivity index (χ1n) is 11.4. The molecule has 1 saturated carbocycles. The summed E-state index contributed by atoms with van der Waals surface area (Å²) in [6.07, 6.45) is 1.06. The number of carboxylic acid groups (broad SMARTS) is 1. The normalized spacial score (nSPS) is 20.4. The highest BCUT2D eigenvalue weighted by atomic mass is 32.2. The molecular weight excluding hydrogens is 562 g/mol. The zero-order valence-corrected chi connectivity index (χ0v) is 21.8. The van der Waals surface area contributed by atoms with E-state index in [-0.39, 0.29) is 46.9 Å². The SMILES string of the molecule is NCCCNCc1nnn(C[C@H]2[C@H](NC(=O)C(=NOC3(C(=O)O)CC3)c3csc(N)n3)C(=O)N2S(=O)(=O)O)n1. The number of nitrogen functional groups attached to an aromatic ring is 1. The van der Waals surface area contributed by atoms with E-state index in [1.165, 1.54) is 5.38 Å². The van der Waals surface area contributed by atoms with Gasteiger partial charge in [0.15, 0.2) is 16.7 Å². The number of nitrogens with one attached hydrogen (secondary N) is 2. The summed E-state index contributed by atoms with van der Waals surface area (Å²) in [6, 6.07) is -2.80. The van der Waals surface area contributed by atoms with Crippen molar-refractivity contribution in [3.8, 4) is 0 Å². The molecule has 39 heavy (non-hydrogen) atoms. The summed E-state index contributed by atoms with van der Waals surface area (Å²) in [6.45, 7) is 0.996. The van der Waals surface area contributed by atoms with E-state index in [0.29, 0.717) is 13.1 Å². The second-order valence-electron chi connectivity index (χ2n) is 8.61. The number of β-lactam (4-membered cyclic amide) rings is 1. The van der Waals surface area contributed by atoms with Crippen molar-refractivity contribution in [3.63, 3.8) is 0 Å². The Morgan fingerprint density at radius 3 is 2.69 bits per heavy atom. The fourth-order valence-electron chi connectivity index (χ4n) is 3.56. The van der Waals surface area contributed by atoms with Crippen molar-refractivity contribution in [2.45, 2.75) is 50.0 Å². The Hall–Kier alpha value is -3.79. The van der Waals surface area contributed by atoms with E-state index in [2.05, 4.69) is 36.2 Å². The van der Waals surface area contributed by atoms with Crippen molar-refractivity contribution in [1.82, 2.24) is 40.1 Å². The summed E-state index contributed by atoms with van der Waals surface area (Å²) in [5.41, 5.74) is 8.94. The smallest absolute Gasteiger partial charge is 0.362 e. The lowest BCUT2D eigenvalue weighted by molar-refractivity contribution is -0.153. The van der Waals surface area contributed by atoms with Gasteiger partial charge in [-0.2, -0.15) is 13.2 Å². The van der Waals surface area contributed by atoms with Gasteiger partial charge in [-0.3, -0.25) is 14.1 Å². The third-order valence-corrected chi connectivity index (χ3v) is 7.40. The lowest BCUT2D eigenvalue weighted by atomic mass is 9.98. The van der Waals surface area contributed by atoms with Gasteiger partial charge in [0, 0.05) is 18.2 Å². The monoisotopic (exact) mass is 587 g/mol. The summed E-state index contributed by atoms with van der Waals surface area (Å²) < 4.78 is 33.4. The van der Waals surface area contributed by atoms with Crippen LogP contribution in [0.25, 0.3) is 0 Å². The molecule has 2 aromatic heterocycles. The van der Waals surface area contributed by atoms with Gasteiger partial charge in [0.1, 0.15) is 17.8 Å². The first-order valence-corrected chi connectivity index (χ1v) is 13.7. The average molecular weight is 588 g/mol. The summed E-state index contributed by atoms with van der Waals surface area (Å²) in [5, 5.41) is 31.6. The molecule has 2 atom stereocenters. The van der Waals surface area contributed by atoms with E-state index in [4.69, 9.17) is 16.3 Å². The number of hydrogen-bond donors (Lipinski definition) is 6. The molecule has 1 saturated heterocycles. The fraction of sp³-hybridized carbons (Fsp3) is 0.556. The number of anilines is 1. The number of nitrogens with two attached hydrogens (primary N) is 2. The Morgan fingerprint density at radius 2 is 2.10 bits per heavy atom. The minimum atomic E-state index is -5.00. The highest BCUT2D eigenvalue weighted by Crippen LogP contribution is 2.40. The van der Waals surface area contributed by atoms with E-state index >= 15 is 0 Å². The van der Waals surface area contributed by atoms with Crippen LogP contribution in [-0.4, -0.2) is 102 Å². The maximum Gasteiger partial charge on any atom is 0.362 e. The maximum atomic E-state index is 13.1. The highest BCUT2D eigenvalue weighted by Gasteiger charge is 2.56. The number of carboxylic acids is 1. The zero-order valence-electron chi connectivity index (χ0n) is 20.1. The molecule has 1 aliphatic carbocycles. The van der Waals surface area contributed by atoms with Crippen LogP contribution in [0.5, 0.6) is 0 Å². The number of carbonyl (C=O) groups is 3. The molecular formula is C18H25N11O8S2. The summed E-state index contributed by atoms with van der Waals surface area (Å²) in [7, 11) is -5.00. The molecule has 19 nitrogen and oxygen atoms in total. The van der Waals surface area contributed by atoms with Crippen LogP contribution < -0.4 is 22.1 Å². The summed E-state index contributed by atoms with van der Waals surface area (Å²) in [5.74, 6) is -3.16. The molecule has 212 valence electrons. The van der Waals surface area contributed by atoms with E-state index in [1.807, 2.05) is 0 Å². The van der Waals surface area contributed by atoms with Crippen molar-refractivity contribution >= 4 is 50.3 Å². The Labute approximate surface area is 224 Å². The standard InChI is InChI=1S/C18H25N11O8S2/c19-4-1-5-21-6-11-24-27-28(25-11)7-10-13(15(31)29(10)39(34,35)36)23-14(30)12(9-8-38-17(20)22-9)26-37-18(2-3-18)16(32)33/h8,10,13,21H,1-7,19H2,(H2,20,22)(H,23,30)(H,32,33)(H,34,35,36)/t10-,13-/m0/s1.